The number of ether oxygens (including phenoxy) is 3. The highest BCUT2D eigenvalue weighted by atomic mass is 16.6. The van der Waals surface area contributed by atoms with Gasteiger partial charge in [-0.3, -0.25) is 0 Å². The highest BCUT2D eigenvalue weighted by Gasteiger charge is 2.04. The first-order chi connectivity index (χ1) is 6.66. The predicted octanol–water partition coefficient (Wildman–Crippen LogP) is -0.0365. The van der Waals surface area contributed by atoms with Crippen molar-refractivity contribution in [2.24, 2.45) is 0 Å². The Kier molecular flexibility index (Phi) is 8.51. The number of hydrogen-bond acceptors (Lipinski definition) is 5. The molecule has 84 valence electrons. The van der Waals surface area contributed by atoms with Crippen LogP contribution >= 0.6 is 0 Å². The van der Waals surface area contributed by atoms with E-state index in [2.05, 4.69) is 0 Å². The van der Waals surface area contributed by atoms with Gasteiger partial charge in [0.25, 0.3) is 0 Å². The molecule has 0 amide bonds. The van der Waals surface area contributed by atoms with Crippen LogP contribution in [0.3, 0.4) is 0 Å². The van der Waals surface area contributed by atoms with E-state index >= 15 is 0 Å². The first-order valence-corrected chi connectivity index (χ1v) is 4.62. The fourth-order valence-corrected chi connectivity index (χ4v) is 0.737. The summed E-state index contributed by atoms with van der Waals surface area (Å²) in [5.74, 6) is -0.373. The van der Waals surface area contributed by atoms with E-state index in [0.29, 0.717) is 19.8 Å². The normalized spacial score (nSPS) is 10.6. The molecule has 0 aromatic heterocycles. The maximum atomic E-state index is 10.9. The zero-order chi connectivity index (χ0) is 10.8. The smallest absolute Gasteiger partial charge is 0.332 e. The van der Waals surface area contributed by atoms with Gasteiger partial charge in [-0.15, -0.1) is 0 Å². The molecule has 0 spiro atoms. The van der Waals surface area contributed by atoms with Crippen molar-refractivity contribution in [3.8, 4) is 0 Å². The van der Waals surface area contributed by atoms with Crippen LogP contribution in [0.4, 0.5) is 0 Å². The second-order valence-corrected chi connectivity index (χ2v) is 2.93. The topological polar surface area (TPSA) is 65.0 Å². The first kappa shape index (κ1) is 13.4. The number of rotatable bonds is 8. The zero-order valence-corrected chi connectivity index (χ0v) is 8.69. The van der Waals surface area contributed by atoms with Crippen LogP contribution in [-0.4, -0.2) is 50.2 Å². The van der Waals surface area contributed by atoms with Crippen molar-refractivity contribution in [2.75, 3.05) is 33.0 Å². The van der Waals surface area contributed by atoms with Crippen LogP contribution in [0.2, 0.25) is 0 Å². The summed E-state index contributed by atoms with van der Waals surface area (Å²) in [4.78, 5) is 10.9. The lowest BCUT2D eigenvalue weighted by atomic mass is 10.5. The number of aliphatic hydroxyl groups excluding tert-OH is 1. The van der Waals surface area contributed by atoms with Crippen LogP contribution in [0.1, 0.15) is 13.8 Å². The van der Waals surface area contributed by atoms with E-state index in [-0.39, 0.29) is 25.3 Å². The van der Waals surface area contributed by atoms with E-state index < -0.39 is 0 Å². The highest BCUT2D eigenvalue weighted by Crippen LogP contribution is 1.89. The van der Waals surface area contributed by atoms with Crippen molar-refractivity contribution < 1.29 is 24.1 Å². The SMILES string of the molecule is CC(C)OC(=O)COCCOCCO. The summed E-state index contributed by atoms with van der Waals surface area (Å²) in [6, 6.07) is 0. The molecule has 0 aliphatic carbocycles. The van der Waals surface area contributed by atoms with Crippen molar-refractivity contribution in [1.29, 1.82) is 0 Å². The van der Waals surface area contributed by atoms with E-state index in [1.807, 2.05) is 0 Å². The Balaban J connectivity index is 3.15. The summed E-state index contributed by atoms with van der Waals surface area (Å²) in [5, 5.41) is 8.37. The Morgan fingerprint density at radius 2 is 1.86 bits per heavy atom. The summed E-state index contributed by atoms with van der Waals surface area (Å²) in [6.07, 6.45) is -0.114. The lowest BCUT2D eigenvalue weighted by Crippen LogP contribution is -2.18. The second-order valence-electron chi connectivity index (χ2n) is 2.93. The fraction of sp³-hybridized carbons (Fsp3) is 0.889. The standard InChI is InChI=1S/C9H18O5/c1-8(2)14-9(11)7-13-6-5-12-4-3-10/h8,10H,3-7H2,1-2H3. The molecule has 5 heteroatoms. The van der Waals surface area contributed by atoms with Gasteiger partial charge in [0.2, 0.25) is 0 Å². The van der Waals surface area contributed by atoms with E-state index in [1.165, 1.54) is 0 Å². The maximum Gasteiger partial charge on any atom is 0.332 e. The van der Waals surface area contributed by atoms with Crippen molar-refractivity contribution in [1.82, 2.24) is 0 Å². The average molecular weight is 206 g/mol. The van der Waals surface area contributed by atoms with E-state index in [4.69, 9.17) is 19.3 Å². The molecule has 0 aliphatic heterocycles. The molecule has 1 N–H and O–H groups in total. The average Bonchev–Trinajstić information content (AvgIpc) is 2.10. The minimum atomic E-state index is -0.373. The Bertz CT molecular complexity index is 146. The van der Waals surface area contributed by atoms with Gasteiger partial charge in [0.1, 0.15) is 6.61 Å². The third-order valence-corrected chi connectivity index (χ3v) is 1.19. The molecule has 0 saturated carbocycles. The maximum absolute atomic E-state index is 10.9. The largest absolute Gasteiger partial charge is 0.461 e. The number of aliphatic hydroxyl groups is 1. The predicted molar refractivity (Wildman–Crippen MR) is 50.0 cm³/mol. The molecule has 0 aromatic rings. The number of carbonyl (C=O) groups excluding carboxylic acids is 1. The molecule has 0 heterocycles. The lowest BCUT2D eigenvalue weighted by molar-refractivity contribution is -0.153. The van der Waals surface area contributed by atoms with Gasteiger partial charge in [-0.2, -0.15) is 0 Å². The van der Waals surface area contributed by atoms with Gasteiger partial charge < -0.3 is 19.3 Å². The van der Waals surface area contributed by atoms with Crippen LogP contribution < -0.4 is 0 Å². The second kappa shape index (κ2) is 8.93. The van der Waals surface area contributed by atoms with Crippen LogP contribution in [0.25, 0.3) is 0 Å². The number of esters is 1. The summed E-state index contributed by atoms with van der Waals surface area (Å²) in [6.45, 7) is 4.49. The van der Waals surface area contributed by atoms with Crippen LogP contribution in [0.5, 0.6) is 0 Å². The molecule has 0 bridgehead atoms. The molecular formula is C9H18O5. The molecule has 0 aromatic carbocycles. The Morgan fingerprint density at radius 3 is 2.43 bits per heavy atom. The zero-order valence-electron chi connectivity index (χ0n) is 8.69. The van der Waals surface area contributed by atoms with Crippen molar-refractivity contribution in [3.05, 3.63) is 0 Å². The Morgan fingerprint density at radius 1 is 1.21 bits per heavy atom. The molecule has 0 unspecified atom stereocenters. The molecule has 0 radical (unpaired) electrons. The summed E-state index contributed by atoms with van der Waals surface area (Å²) in [5.41, 5.74) is 0. The van der Waals surface area contributed by atoms with E-state index in [1.54, 1.807) is 13.8 Å². The number of hydrogen-bond donors (Lipinski definition) is 1. The summed E-state index contributed by atoms with van der Waals surface area (Å²) >= 11 is 0. The minimum absolute atomic E-state index is 0.00457. The van der Waals surface area contributed by atoms with Gasteiger partial charge in [-0.25, -0.2) is 4.79 Å². The monoisotopic (exact) mass is 206 g/mol. The molecule has 0 rings (SSSR count). The van der Waals surface area contributed by atoms with E-state index in [0.717, 1.165) is 0 Å². The van der Waals surface area contributed by atoms with Crippen molar-refractivity contribution in [3.63, 3.8) is 0 Å². The van der Waals surface area contributed by atoms with Gasteiger partial charge in [0.15, 0.2) is 0 Å². The first-order valence-electron chi connectivity index (χ1n) is 4.62. The highest BCUT2D eigenvalue weighted by molar-refractivity contribution is 5.70. The molecule has 0 saturated heterocycles. The molecule has 14 heavy (non-hydrogen) atoms. The molecular weight excluding hydrogens is 188 g/mol. The third kappa shape index (κ3) is 9.44. The molecule has 0 fully saturated rings. The molecule has 5 nitrogen and oxygen atoms in total. The summed E-state index contributed by atoms with van der Waals surface area (Å²) in [7, 11) is 0. The van der Waals surface area contributed by atoms with Crippen molar-refractivity contribution in [2.45, 2.75) is 20.0 Å². The van der Waals surface area contributed by atoms with Gasteiger partial charge in [0.05, 0.1) is 32.5 Å². The van der Waals surface area contributed by atoms with Gasteiger partial charge >= 0.3 is 5.97 Å². The van der Waals surface area contributed by atoms with Gasteiger partial charge in [-0.1, -0.05) is 0 Å². The Labute approximate surface area is 84.0 Å². The fourth-order valence-electron chi connectivity index (χ4n) is 0.737. The van der Waals surface area contributed by atoms with Crippen LogP contribution in [-0.2, 0) is 19.0 Å². The number of carbonyl (C=O) groups is 1. The van der Waals surface area contributed by atoms with Gasteiger partial charge in [0, 0.05) is 0 Å². The van der Waals surface area contributed by atoms with Crippen LogP contribution in [0.15, 0.2) is 0 Å². The third-order valence-electron chi connectivity index (χ3n) is 1.19. The van der Waals surface area contributed by atoms with Gasteiger partial charge in [-0.05, 0) is 13.8 Å². The lowest BCUT2D eigenvalue weighted by Gasteiger charge is -2.08. The van der Waals surface area contributed by atoms with Crippen molar-refractivity contribution >= 4 is 5.97 Å². The molecule has 0 aliphatic rings. The van der Waals surface area contributed by atoms with Crippen LogP contribution in [0, 0.1) is 0 Å². The molecule has 0 atom stereocenters. The quantitative estimate of drug-likeness (QED) is 0.446. The van der Waals surface area contributed by atoms with E-state index in [9.17, 15) is 4.79 Å². The Hall–Kier alpha value is -0.650. The minimum Gasteiger partial charge on any atom is -0.461 e. The summed E-state index contributed by atoms with van der Waals surface area (Å²) < 4.78 is 14.7.